The molecule has 4 aromatic rings. The number of anilines is 1. The van der Waals surface area contributed by atoms with Crippen molar-refractivity contribution < 1.29 is 9.21 Å². The van der Waals surface area contributed by atoms with Crippen molar-refractivity contribution in [1.82, 2.24) is 20.4 Å². The lowest BCUT2D eigenvalue weighted by molar-refractivity contribution is 0.102. The summed E-state index contributed by atoms with van der Waals surface area (Å²) in [5, 5.41) is 18.7. The van der Waals surface area contributed by atoms with Gasteiger partial charge in [0.15, 0.2) is 0 Å². The molecule has 0 saturated heterocycles. The Morgan fingerprint density at radius 1 is 1.00 bits per heavy atom. The molecule has 0 bridgehead atoms. The minimum atomic E-state index is -0.217. The van der Waals surface area contributed by atoms with E-state index >= 15 is 0 Å². The maximum Gasteiger partial charge on any atom is 0.257 e. The zero-order chi connectivity index (χ0) is 18.8. The largest absolute Gasteiger partial charge is 0.421 e. The first-order chi connectivity index (χ1) is 13.1. The Bertz CT molecular complexity index is 1090. The molecule has 0 aliphatic heterocycles. The number of hydrogen-bond acceptors (Lipinski definition) is 7. The Hall–Kier alpha value is -3.39. The summed E-state index contributed by atoms with van der Waals surface area (Å²) in [5.74, 6) is 0.797. The molecule has 0 spiro atoms. The second kappa shape index (κ2) is 7.08. The molecule has 0 aliphatic carbocycles. The lowest BCUT2D eigenvalue weighted by Crippen LogP contribution is -2.12. The zero-order valence-corrected chi connectivity index (χ0v) is 15.4. The monoisotopic (exact) mass is 377 g/mol. The van der Waals surface area contributed by atoms with Crippen molar-refractivity contribution >= 4 is 22.4 Å². The highest BCUT2D eigenvalue weighted by atomic mass is 32.1. The van der Waals surface area contributed by atoms with Crippen LogP contribution in [0.3, 0.4) is 0 Å². The lowest BCUT2D eigenvalue weighted by Gasteiger charge is -2.09. The number of nitrogens with zero attached hydrogens (tertiary/aromatic N) is 4. The molecule has 2 aromatic carbocycles. The highest BCUT2D eigenvalue weighted by molar-refractivity contribution is 7.13. The van der Waals surface area contributed by atoms with Gasteiger partial charge in [-0.1, -0.05) is 29.5 Å². The van der Waals surface area contributed by atoms with Gasteiger partial charge < -0.3 is 4.42 Å². The van der Waals surface area contributed by atoms with E-state index in [0.29, 0.717) is 22.5 Å². The average Bonchev–Trinajstić information content (AvgIpc) is 3.34. The summed E-state index contributed by atoms with van der Waals surface area (Å²) in [6.45, 7) is 3.77. The number of carbonyl (C=O) groups excluding carboxylic acids is 1. The van der Waals surface area contributed by atoms with E-state index in [1.807, 2.05) is 43.3 Å². The molecule has 0 atom stereocenters. The van der Waals surface area contributed by atoms with Crippen LogP contribution in [0.4, 0.5) is 5.13 Å². The van der Waals surface area contributed by atoms with Gasteiger partial charge >= 0.3 is 0 Å². The van der Waals surface area contributed by atoms with Crippen LogP contribution in [-0.4, -0.2) is 26.3 Å². The van der Waals surface area contributed by atoms with Crippen LogP contribution in [0.1, 0.15) is 21.8 Å². The number of rotatable bonds is 4. The van der Waals surface area contributed by atoms with Crippen molar-refractivity contribution in [1.29, 1.82) is 0 Å². The third-order valence-electron chi connectivity index (χ3n) is 4.05. The minimum Gasteiger partial charge on any atom is -0.421 e. The van der Waals surface area contributed by atoms with Crippen molar-refractivity contribution in [3.05, 3.63) is 65.0 Å². The first-order valence-corrected chi connectivity index (χ1v) is 9.07. The van der Waals surface area contributed by atoms with Gasteiger partial charge in [-0.3, -0.25) is 10.1 Å². The summed E-state index contributed by atoms with van der Waals surface area (Å²) in [6.07, 6.45) is 0. The fraction of sp³-hybridized carbons (Fsp3) is 0.105. The van der Waals surface area contributed by atoms with Crippen LogP contribution in [-0.2, 0) is 0 Å². The number of aryl methyl sites for hydroxylation is 2. The maximum atomic E-state index is 12.4. The molecule has 0 fully saturated rings. The highest BCUT2D eigenvalue weighted by Crippen LogP contribution is 2.28. The number of amides is 1. The Labute approximate surface area is 159 Å². The number of benzene rings is 2. The van der Waals surface area contributed by atoms with E-state index in [9.17, 15) is 4.79 Å². The quantitative estimate of drug-likeness (QED) is 0.575. The molecule has 7 nitrogen and oxygen atoms in total. The number of hydrogen-bond donors (Lipinski definition) is 1. The molecule has 2 heterocycles. The molecule has 0 unspecified atom stereocenters. The van der Waals surface area contributed by atoms with Crippen molar-refractivity contribution in [2.45, 2.75) is 13.8 Å². The van der Waals surface area contributed by atoms with Gasteiger partial charge in [0, 0.05) is 18.1 Å². The first-order valence-electron chi connectivity index (χ1n) is 8.19. The molecule has 2 aromatic heterocycles. The first kappa shape index (κ1) is 17.0. The van der Waals surface area contributed by atoms with Crippen LogP contribution in [0.15, 0.2) is 52.4 Å². The Kier molecular flexibility index (Phi) is 4.47. The fourth-order valence-electron chi connectivity index (χ4n) is 2.68. The normalized spacial score (nSPS) is 10.7. The molecule has 4 rings (SSSR count). The van der Waals surface area contributed by atoms with Crippen LogP contribution in [0.25, 0.3) is 22.6 Å². The van der Waals surface area contributed by atoms with Gasteiger partial charge in [-0.25, -0.2) is 0 Å². The van der Waals surface area contributed by atoms with Gasteiger partial charge in [0.1, 0.15) is 5.51 Å². The highest BCUT2D eigenvalue weighted by Gasteiger charge is 2.12. The van der Waals surface area contributed by atoms with E-state index in [-0.39, 0.29) is 5.91 Å². The Balaban J connectivity index is 1.62. The summed E-state index contributed by atoms with van der Waals surface area (Å²) in [5.41, 5.74) is 6.03. The van der Waals surface area contributed by atoms with Crippen LogP contribution in [0.2, 0.25) is 0 Å². The van der Waals surface area contributed by atoms with E-state index in [2.05, 4.69) is 25.7 Å². The van der Waals surface area contributed by atoms with Crippen molar-refractivity contribution in [3.8, 4) is 22.6 Å². The second-order valence-electron chi connectivity index (χ2n) is 5.93. The van der Waals surface area contributed by atoms with Crippen LogP contribution in [0, 0.1) is 13.8 Å². The zero-order valence-electron chi connectivity index (χ0n) is 14.6. The van der Waals surface area contributed by atoms with E-state index in [4.69, 9.17) is 4.42 Å². The predicted molar refractivity (Wildman–Crippen MR) is 103 cm³/mol. The van der Waals surface area contributed by atoms with Crippen LogP contribution < -0.4 is 5.32 Å². The molecule has 0 radical (unpaired) electrons. The molecular weight excluding hydrogens is 362 g/mol. The van der Waals surface area contributed by atoms with Crippen molar-refractivity contribution in [2.24, 2.45) is 0 Å². The Morgan fingerprint density at radius 3 is 2.44 bits per heavy atom. The van der Waals surface area contributed by atoms with Crippen molar-refractivity contribution in [2.75, 3.05) is 5.32 Å². The van der Waals surface area contributed by atoms with Gasteiger partial charge in [-0.2, -0.15) is 0 Å². The molecule has 27 heavy (non-hydrogen) atoms. The molecule has 1 amide bonds. The van der Waals surface area contributed by atoms with Crippen LogP contribution >= 0.6 is 11.3 Å². The van der Waals surface area contributed by atoms with Crippen molar-refractivity contribution in [3.63, 3.8) is 0 Å². The van der Waals surface area contributed by atoms with E-state index < -0.39 is 0 Å². The smallest absolute Gasteiger partial charge is 0.257 e. The molecular formula is C19H15N5O2S. The SMILES string of the molecule is Cc1nnc(-c2ccc(-c3cc(C(=O)Nc4nncs4)ccc3C)cc2)o1. The summed E-state index contributed by atoms with van der Waals surface area (Å²) < 4.78 is 5.45. The third kappa shape index (κ3) is 3.61. The third-order valence-corrected chi connectivity index (χ3v) is 4.66. The van der Waals surface area contributed by atoms with Gasteiger partial charge in [0.2, 0.25) is 16.9 Å². The average molecular weight is 377 g/mol. The van der Waals surface area contributed by atoms with Gasteiger partial charge in [-0.05, 0) is 47.9 Å². The molecule has 1 N–H and O–H groups in total. The summed E-state index contributed by atoms with van der Waals surface area (Å²) in [7, 11) is 0. The van der Waals surface area contributed by atoms with E-state index in [1.165, 1.54) is 11.3 Å². The second-order valence-corrected chi connectivity index (χ2v) is 6.76. The van der Waals surface area contributed by atoms with Gasteiger partial charge in [0.25, 0.3) is 5.91 Å². The van der Waals surface area contributed by atoms with E-state index in [0.717, 1.165) is 22.3 Å². The van der Waals surface area contributed by atoms with Gasteiger partial charge in [0.05, 0.1) is 0 Å². The molecule has 0 aliphatic rings. The predicted octanol–water partition coefficient (Wildman–Crippen LogP) is 4.12. The van der Waals surface area contributed by atoms with Crippen LogP contribution in [0.5, 0.6) is 0 Å². The summed E-state index contributed by atoms with van der Waals surface area (Å²) in [6, 6.07) is 13.4. The molecule has 0 saturated carbocycles. The summed E-state index contributed by atoms with van der Waals surface area (Å²) >= 11 is 1.28. The number of nitrogens with one attached hydrogen (secondary N) is 1. The lowest BCUT2D eigenvalue weighted by atomic mass is 9.97. The van der Waals surface area contributed by atoms with Gasteiger partial charge in [-0.15, -0.1) is 20.4 Å². The molecule has 8 heteroatoms. The maximum absolute atomic E-state index is 12.4. The number of aromatic nitrogens is 4. The number of carbonyl (C=O) groups is 1. The van der Waals surface area contributed by atoms with E-state index in [1.54, 1.807) is 18.5 Å². The summed E-state index contributed by atoms with van der Waals surface area (Å²) in [4.78, 5) is 12.4. The molecule has 134 valence electrons. The minimum absolute atomic E-state index is 0.217. The standard InChI is InChI=1S/C19H15N5O2S/c1-11-3-4-15(17(25)21-19-24-20-10-27-19)9-16(11)13-5-7-14(8-6-13)18-23-22-12(2)26-18/h3-10H,1-2H3,(H,21,24,25). The Morgan fingerprint density at radius 2 is 1.78 bits per heavy atom. The topological polar surface area (TPSA) is 93.8 Å². The fourth-order valence-corrected chi connectivity index (χ4v) is 3.12.